The molecule has 128 valence electrons. The number of aromatic nitrogens is 2. The first-order chi connectivity index (χ1) is 11.8. The zero-order valence-corrected chi connectivity index (χ0v) is 14.3. The molecule has 1 aliphatic rings. The summed E-state index contributed by atoms with van der Waals surface area (Å²) in [5, 5.41) is 5.73. The number of anilines is 1. The van der Waals surface area contributed by atoms with Crippen molar-refractivity contribution in [3.63, 3.8) is 0 Å². The van der Waals surface area contributed by atoms with Crippen LogP contribution in [0.25, 0.3) is 22.2 Å². The molecule has 0 aliphatic carbocycles. The Balaban J connectivity index is 1.84. The molecule has 0 radical (unpaired) electrons. The summed E-state index contributed by atoms with van der Waals surface area (Å²) < 4.78 is 23.4. The van der Waals surface area contributed by atoms with Gasteiger partial charge in [0, 0.05) is 42.5 Å². The number of sulfonamides is 1. The van der Waals surface area contributed by atoms with Crippen LogP contribution in [0.2, 0.25) is 0 Å². The van der Waals surface area contributed by atoms with Crippen LogP contribution in [0.4, 0.5) is 5.69 Å². The molecule has 0 saturated carbocycles. The second-order valence-corrected chi connectivity index (χ2v) is 7.64. The monoisotopic (exact) mass is 356 g/mol. The van der Waals surface area contributed by atoms with Crippen molar-refractivity contribution in [2.24, 2.45) is 5.14 Å². The van der Waals surface area contributed by atoms with Gasteiger partial charge in [-0.05, 0) is 35.7 Å². The Kier molecular flexibility index (Phi) is 3.41. The summed E-state index contributed by atoms with van der Waals surface area (Å²) in [5.74, 6) is 0.105. The number of nitrogens with zero attached hydrogens (tertiary/aromatic N) is 2. The van der Waals surface area contributed by atoms with Gasteiger partial charge in [-0.25, -0.2) is 18.5 Å². The Morgan fingerprint density at radius 3 is 2.76 bits per heavy atom. The maximum atomic E-state index is 11.8. The topological polar surface area (TPSA) is 109 Å². The van der Waals surface area contributed by atoms with E-state index >= 15 is 0 Å². The van der Waals surface area contributed by atoms with Gasteiger partial charge in [0.1, 0.15) is 10.5 Å². The van der Waals surface area contributed by atoms with Gasteiger partial charge in [0.15, 0.2) is 0 Å². The second kappa shape index (κ2) is 5.40. The van der Waals surface area contributed by atoms with E-state index in [9.17, 15) is 13.2 Å². The van der Waals surface area contributed by atoms with Crippen LogP contribution in [-0.2, 0) is 21.2 Å². The zero-order chi connectivity index (χ0) is 17.8. The molecule has 0 saturated heterocycles. The summed E-state index contributed by atoms with van der Waals surface area (Å²) >= 11 is 0. The van der Waals surface area contributed by atoms with Crippen LogP contribution in [0.15, 0.2) is 41.6 Å². The van der Waals surface area contributed by atoms with E-state index in [1.165, 1.54) is 6.20 Å². The standard InChI is InChI=1S/C17H16N4O3S/c1-21-14-4-2-10(6-11(14)3-5-16(21)22)12-7-13-15(25(18,23)24)9-20-17(13)19-8-12/h2,4,6-9H,3,5H2,1H3,(H,19,20)(H2,18,23,24). The number of amides is 1. The van der Waals surface area contributed by atoms with Crippen LogP contribution >= 0.6 is 0 Å². The third-order valence-electron chi connectivity index (χ3n) is 4.56. The number of benzene rings is 1. The van der Waals surface area contributed by atoms with E-state index in [1.807, 2.05) is 18.2 Å². The zero-order valence-electron chi connectivity index (χ0n) is 13.5. The highest BCUT2D eigenvalue weighted by Crippen LogP contribution is 2.32. The summed E-state index contributed by atoms with van der Waals surface area (Å²) in [6.45, 7) is 0. The van der Waals surface area contributed by atoms with Crippen molar-refractivity contribution in [2.75, 3.05) is 11.9 Å². The molecule has 1 amide bonds. The fourth-order valence-electron chi connectivity index (χ4n) is 3.21. The molecule has 7 nitrogen and oxygen atoms in total. The minimum atomic E-state index is -3.83. The van der Waals surface area contributed by atoms with Crippen LogP contribution in [0.5, 0.6) is 0 Å². The summed E-state index contributed by atoms with van der Waals surface area (Å²) in [4.78, 5) is 20.6. The first-order valence-corrected chi connectivity index (χ1v) is 9.29. The fraction of sp³-hybridized carbons (Fsp3) is 0.176. The minimum absolute atomic E-state index is 0.0279. The molecule has 0 atom stereocenters. The van der Waals surface area contributed by atoms with Crippen molar-refractivity contribution in [1.82, 2.24) is 9.97 Å². The first kappa shape index (κ1) is 15.8. The summed E-state index contributed by atoms with van der Waals surface area (Å²) in [6.07, 6.45) is 4.21. The number of hydrogen-bond acceptors (Lipinski definition) is 4. The second-order valence-electron chi connectivity index (χ2n) is 6.11. The molecule has 4 rings (SSSR count). The third-order valence-corrected chi connectivity index (χ3v) is 5.51. The number of H-pyrrole nitrogens is 1. The Morgan fingerprint density at radius 1 is 1.20 bits per heavy atom. The summed E-state index contributed by atoms with van der Waals surface area (Å²) in [5.41, 5.74) is 4.16. The minimum Gasteiger partial charge on any atom is -0.345 e. The number of nitrogens with two attached hydrogens (primary N) is 1. The molecular weight excluding hydrogens is 340 g/mol. The average molecular weight is 356 g/mol. The molecule has 8 heteroatoms. The average Bonchev–Trinajstić information content (AvgIpc) is 3.01. The number of nitrogens with one attached hydrogen (secondary N) is 1. The highest BCUT2D eigenvalue weighted by Gasteiger charge is 2.21. The van der Waals surface area contributed by atoms with E-state index < -0.39 is 10.0 Å². The van der Waals surface area contributed by atoms with Crippen molar-refractivity contribution < 1.29 is 13.2 Å². The number of aromatic amines is 1. The smallest absolute Gasteiger partial charge is 0.240 e. The number of carbonyl (C=O) groups excluding carboxylic acids is 1. The largest absolute Gasteiger partial charge is 0.345 e. The number of carbonyl (C=O) groups is 1. The van der Waals surface area contributed by atoms with Crippen molar-refractivity contribution in [3.05, 3.63) is 42.2 Å². The molecule has 0 unspecified atom stereocenters. The van der Waals surface area contributed by atoms with Crippen molar-refractivity contribution in [1.29, 1.82) is 0 Å². The van der Waals surface area contributed by atoms with Gasteiger partial charge in [-0.2, -0.15) is 0 Å². The molecule has 3 aromatic rings. The van der Waals surface area contributed by atoms with Crippen molar-refractivity contribution >= 4 is 32.7 Å². The lowest BCUT2D eigenvalue weighted by Gasteiger charge is -2.26. The predicted molar refractivity (Wildman–Crippen MR) is 94.6 cm³/mol. The molecule has 1 aliphatic heterocycles. The quantitative estimate of drug-likeness (QED) is 0.729. The predicted octanol–water partition coefficient (Wildman–Crippen LogP) is 1.79. The number of rotatable bonds is 2. The Morgan fingerprint density at radius 2 is 2.00 bits per heavy atom. The maximum Gasteiger partial charge on any atom is 0.240 e. The SMILES string of the molecule is CN1C(=O)CCc2cc(-c3cnc4[nH]cc(S(N)(=O)=O)c4c3)ccc21. The lowest BCUT2D eigenvalue weighted by molar-refractivity contribution is -0.118. The van der Waals surface area contributed by atoms with Gasteiger partial charge in [-0.15, -0.1) is 0 Å². The molecule has 3 N–H and O–H groups in total. The van der Waals surface area contributed by atoms with Gasteiger partial charge in [-0.1, -0.05) is 6.07 Å². The van der Waals surface area contributed by atoms with Gasteiger partial charge in [0.25, 0.3) is 0 Å². The summed E-state index contributed by atoms with van der Waals surface area (Å²) in [6, 6.07) is 7.59. The van der Waals surface area contributed by atoms with Crippen LogP contribution in [0.3, 0.4) is 0 Å². The van der Waals surface area contributed by atoms with Crippen molar-refractivity contribution in [3.8, 4) is 11.1 Å². The lowest BCUT2D eigenvalue weighted by atomic mass is 9.96. The van der Waals surface area contributed by atoms with Gasteiger partial charge >= 0.3 is 0 Å². The van der Waals surface area contributed by atoms with E-state index in [0.717, 1.165) is 22.4 Å². The normalized spacial score (nSPS) is 14.8. The summed E-state index contributed by atoms with van der Waals surface area (Å²) in [7, 11) is -2.06. The van der Waals surface area contributed by atoms with E-state index in [-0.39, 0.29) is 10.8 Å². The Bertz CT molecular complexity index is 1120. The Labute approximate surface area is 144 Å². The fourth-order valence-corrected chi connectivity index (χ4v) is 3.89. The van der Waals surface area contributed by atoms with Crippen LogP contribution < -0.4 is 10.0 Å². The van der Waals surface area contributed by atoms with Crippen LogP contribution in [0.1, 0.15) is 12.0 Å². The van der Waals surface area contributed by atoms with E-state index in [0.29, 0.717) is 23.9 Å². The molecule has 0 spiro atoms. The van der Waals surface area contributed by atoms with Gasteiger partial charge in [0.2, 0.25) is 15.9 Å². The number of hydrogen-bond donors (Lipinski definition) is 2. The highest BCUT2D eigenvalue weighted by molar-refractivity contribution is 7.89. The number of primary sulfonamides is 1. The molecule has 2 aromatic heterocycles. The number of aryl methyl sites for hydroxylation is 1. The van der Waals surface area contributed by atoms with E-state index in [2.05, 4.69) is 9.97 Å². The number of fused-ring (bicyclic) bond motifs is 2. The molecule has 25 heavy (non-hydrogen) atoms. The van der Waals surface area contributed by atoms with Crippen LogP contribution in [0, 0.1) is 0 Å². The maximum absolute atomic E-state index is 11.8. The molecule has 3 heterocycles. The molecule has 0 bridgehead atoms. The first-order valence-electron chi connectivity index (χ1n) is 7.74. The molecular formula is C17H16N4O3S. The highest BCUT2D eigenvalue weighted by atomic mass is 32.2. The third kappa shape index (κ3) is 2.59. The molecule has 0 fully saturated rings. The van der Waals surface area contributed by atoms with E-state index in [4.69, 9.17) is 5.14 Å². The Hall–Kier alpha value is -2.71. The lowest BCUT2D eigenvalue weighted by Crippen LogP contribution is -2.30. The van der Waals surface area contributed by atoms with Gasteiger partial charge in [-0.3, -0.25) is 4.79 Å². The number of pyridine rings is 1. The van der Waals surface area contributed by atoms with Gasteiger partial charge in [0.05, 0.1) is 0 Å². The van der Waals surface area contributed by atoms with E-state index in [1.54, 1.807) is 24.2 Å². The molecule has 1 aromatic carbocycles. The van der Waals surface area contributed by atoms with Crippen LogP contribution in [-0.4, -0.2) is 31.3 Å². The van der Waals surface area contributed by atoms with Crippen molar-refractivity contribution in [2.45, 2.75) is 17.7 Å². The van der Waals surface area contributed by atoms with Gasteiger partial charge < -0.3 is 9.88 Å².